The summed E-state index contributed by atoms with van der Waals surface area (Å²) in [5, 5.41) is 7.98. The van der Waals surface area contributed by atoms with Crippen LogP contribution in [0.15, 0.2) is 53.5 Å². The lowest BCUT2D eigenvalue weighted by Gasteiger charge is -2.22. The van der Waals surface area contributed by atoms with Crippen LogP contribution in [-0.4, -0.2) is 14.8 Å². The minimum atomic E-state index is 0.315. The highest BCUT2D eigenvalue weighted by Gasteiger charge is 2.22. The van der Waals surface area contributed by atoms with Crippen LogP contribution in [0.3, 0.4) is 0 Å². The molecule has 0 saturated heterocycles. The van der Waals surface area contributed by atoms with Crippen molar-refractivity contribution in [3.63, 3.8) is 0 Å². The number of anilines is 1. The molecule has 1 aliphatic carbocycles. The fourth-order valence-electron chi connectivity index (χ4n) is 3.02. The largest absolute Gasteiger partial charge is 0.469 e. The Morgan fingerprint density at radius 3 is 3.23 bits per heavy atom. The van der Waals surface area contributed by atoms with Crippen molar-refractivity contribution in [2.75, 3.05) is 5.32 Å². The molecule has 0 unspecified atom stereocenters. The van der Waals surface area contributed by atoms with Gasteiger partial charge < -0.3 is 9.73 Å². The number of pyridine rings is 1. The normalized spacial score (nSPS) is 17.2. The summed E-state index contributed by atoms with van der Waals surface area (Å²) >= 11 is 0. The average Bonchev–Trinajstić information content (AvgIpc) is 3.18. The average molecular weight is 294 g/mol. The molecule has 0 bridgehead atoms. The third-order valence-electron chi connectivity index (χ3n) is 4.08. The zero-order valence-corrected chi connectivity index (χ0v) is 12.3. The summed E-state index contributed by atoms with van der Waals surface area (Å²) in [4.78, 5) is 4.33. The number of rotatable bonds is 4. The second-order valence-corrected chi connectivity index (χ2v) is 5.64. The first-order valence-corrected chi connectivity index (χ1v) is 7.63. The maximum absolute atomic E-state index is 5.54. The van der Waals surface area contributed by atoms with Crippen LogP contribution in [0.2, 0.25) is 0 Å². The molecular weight excluding hydrogens is 276 g/mol. The lowest BCUT2D eigenvalue weighted by Crippen LogP contribution is -2.15. The number of hydrogen-bond donors (Lipinski definition) is 1. The SMILES string of the molecule is c1ccc(Cn2cc(N[C@H]3CCCc4occc43)cn2)nc1. The molecule has 3 aromatic rings. The molecule has 0 aromatic carbocycles. The second-order valence-electron chi connectivity index (χ2n) is 5.64. The van der Waals surface area contributed by atoms with Crippen molar-refractivity contribution in [1.82, 2.24) is 14.8 Å². The van der Waals surface area contributed by atoms with Crippen molar-refractivity contribution in [2.24, 2.45) is 0 Å². The quantitative estimate of drug-likeness (QED) is 0.801. The van der Waals surface area contributed by atoms with E-state index < -0.39 is 0 Å². The van der Waals surface area contributed by atoms with Gasteiger partial charge in [0.2, 0.25) is 0 Å². The number of furan rings is 1. The molecule has 0 fully saturated rings. The van der Waals surface area contributed by atoms with Gasteiger partial charge in [-0.1, -0.05) is 6.07 Å². The highest BCUT2D eigenvalue weighted by Crippen LogP contribution is 2.33. The third kappa shape index (κ3) is 2.62. The van der Waals surface area contributed by atoms with Crippen LogP contribution in [-0.2, 0) is 13.0 Å². The molecule has 0 amide bonds. The van der Waals surface area contributed by atoms with Gasteiger partial charge in [0.05, 0.1) is 36.4 Å². The van der Waals surface area contributed by atoms with Gasteiger partial charge in [0.25, 0.3) is 0 Å². The lowest BCUT2D eigenvalue weighted by molar-refractivity contribution is 0.461. The van der Waals surface area contributed by atoms with E-state index in [1.54, 1.807) is 12.5 Å². The Labute approximate surface area is 129 Å². The number of fused-ring (bicyclic) bond motifs is 1. The summed E-state index contributed by atoms with van der Waals surface area (Å²) < 4.78 is 7.45. The Kier molecular flexibility index (Phi) is 3.39. The van der Waals surface area contributed by atoms with Crippen molar-refractivity contribution in [3.8, 4) is 0 Å². The molecule has 1 N–H and O–H groups in total. The molecule has 3 aromatic heterocycles. The van der Waals surface area contributed by atoms with Crippen LogP contribution in [0.25, 0.3) is 0 Å². The van der Waals surface area contributed by atoms with E-state index >= 15 is 0 Å². The number of aromatic nitrogens is 3. The Hall–Kier alpha value is -2.56. The second kappa shape index (κ2) is 5.67. The smallest absolute Gasteiger partial charge is 0.109 e. The van der Waals surface area contributed by atoms with Crippen LogP contribution >= 0.6 is 0 Å². The monoisotopic (exact) mass is 294 g/mol. The van der Waals surface area contributed by atoms with Crippen molar-refractivity contribution in [3.05, 3.63) is 66.1 Å². The molecule has 22 heavy (non-hydrogen) atoms. The molecule has 4 rings (SSSR count). The van der Waals surface area contributed by atoms with Crippen molar-refractivity contribution in [1.29, 1.82) is 0 Å². The summed E-state index contributed by atoms with van der Waals surface area (Å²) in [7, 11) is 0. The van der Waals surface area contributed by atoms with E-state index in [2.05, 4.69) is 21.5 Å². The van der Waals surface area contributed by atoms with Crippen molar-refractivity contribution in [2.45, 2.75) is 31.8 Å². The Balaban J connectivity index is 1.47. The predicted octanol–water partition coefficient (Wildman–Crippen LogP) is 3.41. The van der Waals surface area contributed by atoms with E-state index in [0.29, 0.717) is 12.6 Å². The minimum absolute atomic E-state index is 0.315. The van der Waals surface area contributed by atoms with Gasteiger partial charge in [0.15, 0.2) is 0 Å². The number of aryl methyl sites for hydroxylation is 1. The zero-order valence-electron chi connectivity index (χ0n) is 12.3. The summed E-state index contributed by atoms with van der Waals surface area (Å²) in [6.45, 7) is 0.685. The van der Waals surface area contributed by atoms with Gasteiger partial charge in [-0.15, -0.1) is 0 Å². The van der Waals surface area contributed by atoms with E-state index in [1.807, 2.05) is 35.3 Å². The predicted molar refractivity (Wildman–Crippen MR) is 83.6 cm³/mol. The molecule has 3 heterocycles. The van der Waals surface area contributed by atoms with Crippen LogP contribution in [0, 0.1) is 0 Å². The summed E-state index contributed by atoms with van der Waals surface area (Å²) in [6.07, 6.45) is 10.8. The van der Waals surface area contributed by atoms with Crippen LogP contribution in [0.1, 0.15) is 35.9 Å². The molecule has 1 atom stereocenters. The van der Waals surface area contributed by atoms with Gasteiger partial charge in [0.1, 0.15) is 5.76 Å². The summed E-state index contributed by atoms with van der Waals surface area (Å²) in [5.74, 6) is 1.12. The van der Waals surface area contributed by atoms with Crippen LogP contribution in [0.4, 0.5) is 5.69 Å². The first kappa shape index (κ1) is 13.1. The van der Waals surface area contributed by atoms with Gasteiger partial charge in [-0.25, -0.2) is 0 Å². The van der Waals surface area contributed by atoms with Gasteiger partial charge in [-0.3, -0.25) is 9.67 Å². The molecule has 5 nitrogen and oxygen atoms in total. The van der Waals surface area contributed by atoms with Crippen LogP contribution in [0.5, 0.6) is 0 Å². The Morgan fingerprint density at radius 1 is 1.32 bits per heavy atom. The number of nitrogens with one attached hydrogen (secondary N) is 1. The zero-order chi connectivity index (χ0) is 14.8. The molecule has 5 heteroatoms. The summed E-state index contributed by atoms with van der Waals surface area (Å²) in [5.41, 5.74) is 3.32. The lowest BCUT2D eigenvalue weighted by atomic mass is 9.93. The number of nitrogens with zero attached hydrogens (tertiary/aromatic N) is 3. The Bertz CT molecular complexity index is 747. The molecular formula is C17H18N4O. The number of hydrogen-bond acceptors (Lipinski definition) is 4. The minimum Gasteiger partial charge on any atom is -0.469 e. The van der Waals surface area contributed by atoms with E-state index in [4.69, 9.17) is 4.42 Å². The molecule has 0 saturated carbocycles. The molecule has 112 valence electrons. The fourth-order valence-corrected chi connectivity index (χ4v) is 3.02. The third-order valence-corrected chi connectivity index (χ3v) is 4.08. The molecule has 1 aliphatic rings. The summed E-state index contributed by atoms with van der Waals surface area (Å²) in [6, 6.07) is 8.31. The van der Waals surface area contributed by atoms with E-state index in [1.165, 1.54) is 5.56 Å². The topological polar surface area (TPSA) is 55.9 Å². The van der Waals surface area contributed by atoms with Crippen molar-refractivity contribution >= 4 is 5.69 Å². The molecule has 0 radical (unpaired) electrons. The van der Waals surface area contributed by atoms with E-state index in [-0.39, 0.29) is 0 Å². The first-order chi connectivity index (χ1) is 10.9. The first-order valence-electron chi connectivity index (χ1n) is 7.63. The van der Waals surface area contributed by atoms with Gasteiger partial charge >= 0.3 is 0 Å². The maximum atomic E-state index is 5.54. The Morgan fingerprint density at radius 2 is 2.32 bits per heavy atom. The fraction of sp³-hybridized carbons (Fsp3) is 0.294. The van der Waals surface area contributed by atoms with E-state index in [9.17, 15) is 0 Å². The van der Waals surface area contributed by atoms with Gasteiger partial charge in [0, 0.05) is 24.4 Å². The maximum Gasteiger partial charge on any atom is 0.109 e. The molecule has 0 aliphatic heterocycles. The highest BCUT2D eigenvalue weighted by atomic mass is 16.3. The van der Waals surface area contributed by atoms with Gasteiger partial charge in [-0.05, 0) is 31.0 Å². The standard InChI is InChI=1S/C17H18N4O/c1-2-8-18-13(4-1)11-21-12-14(10-19-21)20-16-5-3-6-17-15(16)7-9-22-17/h1-2,4,7-10,12,16,20H,3,5-6,11H2/t16-/m0/s1. The van der Waals surface area contributed by atoms with E-state index in [0.717, 1.165) is 36.4 Å². The van der Waals surface area contributed by atoms with Crippen molar-refractivity contribution < 1.29 is 4.42 Å². The van der Waals surface area contributed by atoms with Crippen LogP contribution < -0.4 is 5.32 Å². The molecule has 0 spiro atoms. The highest BCUT2D eigenvalue weighted by molar-refractivity contribution is 5.43. The van der Waals surface area contributed by atoms with Gasteiger partial charge in [-0.2, -0.15) is 5.10 Å².